The van der Waals surface area contributed by atoms with Crippen molar-refractivity contribution in [1.29, 1.82) is 0 Å². The van der Waals surface area contributed by atoms with Crippen molar-refractivity contribution in [3.8, 4) is 11.3 Å². The summed E-state index contributed by atoms with van der Waals surface area (Å²) in [5.41, 5.74) is 4.01. The van der Waals surface area contributed by atoms with E-state index in [1.807, 2.05) is 25.3 Å². The molecule has 6 heteroatoms. The predicted octanol–water partition coefficient (Wildman–Crippen LogP) is 3.90. The van der Waals surface area contributed by atoms with Crippen LogP contribution in [-0.2, 0) is 11.3 Å². The van der Waals surface area contributed by atoms with Gasteiger partial charge in [0.2, 0.25) is 5.91 Å². The Morgan fingerprint density at radius 1 is 1.36 bits per heavy atom. The number of carbonyl (C=O) groups excluding carboxylic acids is 1. The second kappa shape index (κ2) is 5.95. The first-order valence-corrected chi connectivity index (χ1v) is 8.67. The van der Waals surface area contributed by atoms with Crippen LogP contribution in [-0.4, -0.2) is 25.4 Å². The van der Waals surface area contributed by atoms with E-state index < -0.39 is 0 Å². The molecule has 0 aliphatic heterocycles. The molecule has 0 saturated heterocycles. The van der Waals surface area contributed by atoms with Gasteiger partial charge in [-0.15, -0.1) is 0 Å². The zero-order valence-corrected chi connectivity index (χ0v) is 14.7. The number of nitrogens with zero attached hydrogens (tertiary/aromatic N) is 4. The molecule has 1 aliphatic carbocycles. The lowest BCUT2D eigenvalue weighted by Gasteiger charge is -2.05. The molecule has 0 spiro atoms. The Morgan fingerprint density at radius 2 is 2.16 bits per heavy atom. The number of fused-ring (bicyclic) bond motifs is 1. The van der Waals surface area contributed by atoms with Crippen molar-refractivity contribution < 1.29 is 6.22 Å². The molecule has 0 bridgehead atoms. The summed E-state index contributed by atoms with van der Waals surface area (Å²) in [4.78, 5) is 25.1. The summed E-state index contributed by atoms with van der Waals surface area (Å²) < 4.78 is 2.16. The number of carbonyl (C=O) groups is 1. The fourth-order valence-electron chi connectivity index (χ4n) is 3.16. The monoisotopic (exact) mass is 337 g/mol. The van der Waals surface area contributed by atoms with E-state index in [0.29, 0.717) is 11.7 Å². The van der Waals surface area contributed by atoms with Gasteiger partial charge in [0, 0.05) is 43.7 Å². The van der Waals surface area contributed by atoms with Crippen LogP contribution in [0, 0.1) is 6.92 Å². The van der Waals surface area contributed by atoms with E-state index in [4.69, 9.17) is 4.98 Å². The first-order chi connectivity index (χ1) is 12.0. The summed E-state index contributed by atoms with van der Waals surface area (Å²) in [5, 5.41) is 3.80. The number of aryl methyl sites for hydroxylation is 2. The van der Waals surface area contributed by atoms with Gasteiger partial charge in [-0.25, -0.2) is 15.0 Å². The fraction of sp³-hybridized carbons (Fsp3) is 0.368. The van der Waals surface area contributed by atoms with Gasteiger partial charge >= 0.3 is 0 Å². The second-order valence-electron chi connectivity index (χ2n) is 6.62. The van der Waals surface area contributed by atoms with E-state index in [-0.39, 0.29) is 7.33 Å². The second-order valence-corrected chi connectivity index (χ2v) is 6.62. The zero-order chi connectivity index (χ0) is 17.6. The maximum Gasteiger partial charge on any atom is 0.222 e. The summed E-state index contributed by atoms with van der Waals surface area (Å²) in [6.45, 7) is 6.45. The van der Waals surface area contributed by atoms with Gasteiger partial charge in [-0.2, -0.15) is 0 Å². The van der Waals surface area contributed by atoms with E-state index >= 15 is 0 Å². The minimum atomic E-state index is -0.128. The molecule has 1 fully saturated rings. The highest BCUT2D eigenvalue weighted by atomic mass is 16.1. The van der Waals surface area contributed by atoms with Gasteiger partial charge in [0.05, 0.1) is 17.4 Å². The lowest BCUT2D eigenvalue weighted by molar-refractivity contribution is -0.114. The number of nitrogens with one attached hydrogen (secondary N) is 1. The molecule has 0 atom stereocenters. The zero-order valence-electron chi connectivity index (χ0n) is 14.7. The van der Waals surface area contributed by atoms with E-state index in [9.17, 15) is 4.79 Å². The Labute approximate surface area is 147 Å². The quantitative estimate of drug-likeness (QED) is 0.783. The lowest BCUT2D eigenvalue weighted by Crippen LogP contribution is -2.07. The predicted molar refractivity (Wildman–Crippen MR) is 99.6 cm³/mol. The number of aromatic nitrogens is 4. The Balaban J connectivity index is 0.00000196. The first kappa shape index (κ1) is 15.7. The molecule has 4 rings (SSSR count). The number of rotatable bonds is 4. The average Bonchev–Trinajstić information content (AvgIpc) is 3.35. The third kappa shape index (κ3) is 2.99. The van der Waals surface area contributed by atoms with E-state index in [0.717, 1.165) is 40.2 Å². The Hall–Kier alpha value is -2.76. The number of pyridine rings is 1. The molecule has 0 unspecified atom stereocenters. The van der Waals surface area contributed by atoms with Crippen molar-refractivity contribution in [2.75, 3.05) is 5.32 Å². The topological polar surface area (TPSA) is 72.7 Å². The number of anilines is 1. The van der Waals surface area contributed by atoms with Crippen molar-refractivity contribution in [2.24, 2.45) is 0 Å². The van der Waals surface area contributed by atoms with Crippen molar-refractivity contribution in [3.05, 3.63) is 36.0 Å². The van der Waals surface area contributed by atoms with Crippen molar-refractivity contribution in [2.45, 2.75) is 46.1 Å². The molecule has 1 amide bonds. The molecular weight excluding hydrogens is 314 g/mol. The van der Waals surface area contributed by atoms with Crippen LogP contribution in [0.1, 0.15) is 45.6 Å². The van der Waals surface area contributed by atoms with Crippen molar-refractivity contribution in [1.82, 2.24) is 19.5 Å². The maximum absolute atomic E-state index is 11.4. The van der Waals surface area contributed by atoms with Gasteiger partial charge in [0.1, 0.15) is 11.6 Å². The third-order valence-electron chi connectivity index (χ3n) is 4.50. The third-order valence-corrected chi connectivity index (χ3v) is 4.50. The van der Waals surface area contributed by atoms with Gasteiger partial charge in [-0.05, 0) is 38.8 Å². The summed E-state index contributed by atoms with van der Waals surface area (Å²) >= 11 is 0. The van der Waals surface area contributed by atoms with Gasteiger partial charge < -0.3 is 9.88 Å². The standard InChI is InChI=1S/C19H21N5O.H2/c1-4-24-10-15(14-8-18(22-12(3)25)20-9-17(14)24)16-7-11(2)21-19(23-16)13-5-6-13;/h7-10,13H,4-6H2,1-3H3,(H,20,22,25);1H. The minimum Gasteiger partial charge on any atom is -0.346 e. The molecule has 1 aliphatic rings. The Bertz CT molecular complexity index is 977. The molecule has 3 aromatic rings. The van der Waals surface area contributed by atoms with Gasteiger partial charge in [-0.3, -0.25) is 4.79 Å². The minimum absolute atomic E-state index is 0. The van der Waals surface area contributed by atoms with E-state index in [1.165, 1.54) is 19.8 Å². The largest absolute Gasteiger partial charge is 0.346 e. The highest BCUT2D eigenvalue weighted by Crippen LogP contribution is 2.39. The Morgan fingerprint density at radius 3 is 2.84 bits per heavy atom. The fourth-order valence-corrected chi connectivity index (χ4v) is 3.16. The summed E-state index contributed by atoms with van der Waals surface area (Å²) in [6, 6.07) is 3.95. The molecule has 3 aromatic heterocycles. The van der Waals surface area contributed by atoms with Crippen LogP contribution in [0.5, 0.6) is 0 Å². The molecule has 0 radical (unpaired) electrons. The molecule has 6 nitrogen and oxygen atoms in total. The number of amides is 1. The molecule has 0 aromatic carbocycles. The van der Waals surface area contributed by atoms with Crippen LogP contribution < -0.4 is 5.32 Å². The summed E-state index contributed by atoms with van der Waals surface area (Å²) in [5.74, 6) is 1.89. The van der Waals surface area contributed by atoms with Crippen LogP contribution in [0.25, 0.3) is 22.2 Å². The maximum atomic E-state index is 11.4. The first-order valence-electron chi connectivity index (χ1n) is 8.67. The lowest BCUT2D eigenvalue weighted by atomic mass is 10.1. The molecule has 3 heterocycles. The molecule has 130 valence electrons. The normalized spacial score (nSPS) is 14.0. The van der Waals surface area contributed by atoms with Crippen LogP contribution >= 0.6 is 0 Å². The molecular formula is C19H23N5O. The average molecular weight is 337 g/mol. The Kier molecular flexibility index (Phi) is 3.75. The highest BCUT2D eigenvalue weighted by molar-refractivity contribution is 5.98. The molecule has 1 saturated carbocycles. The summed E-state index contributed by atoms with van der Waals surface area (Å²) in [6.07, 6.45) is 6.28. The van der Waals surface area contributed by atoms with Gasteiger partial charge in [0.15, 0.2) is 0 Å². The van der Waals surface area contributed by atoms with Gasteiger partial charge in [-0.1, -0.05) is 0 Å². The number of hydrogen-bond donors (Lipinski definition) is 1. The van der Waals surface area contributed by atoms with Crippen molar-refractivity contribution in [3.63, 3.8) is 0 Å². The van der Waals surface area contributed by atoms with Crippen LogP contribution in [0.2, 0.25) is 0 Å². The van der Waals surface area contributed by atoms with Crippen LogP contribution in [0.3, 0.4) is 0 Å². The van der Waals surface area contributed by atoms with Crippen molar-refractivity contribution >= 4 is 22.6 Å². The van der Waals surface area contributed by atoms with Gasteiger partial charge in [0.25, 0.3) is 0 Å². The summed E-state index contributed by atoms with van der Waals surface area (Å²) in [7, 11) is 0. The SMILES string of the molecule is CCn1cc(-c2cc(C)nc(C3CC3)n2)c2cc(NC(C)=O)ncc21.[HH]. The van der Waals surface area contributed by atoms with E-state index in [2.05, 4.69) is 33.0 Å². The number of hydrogen-bond acceptors (Lipinski definition) is 4. The van der Waals surface area contributed by atoms with E-state index in [1.54, 1.807) is 0 Å². The highest BCUT2D eigenvalue weighted by Gasteiger charge is 2.27. The van der Waals surface area contributed by atoms with Crippen LogP contribution in [0.4, 0.5) is 5.82 Å². The smallest absolute Gasteiger partial charge is 0.222 e. The van der Waals surface area contributed by atoms with Crippen LogP contribution in [0.15, 0.2) is 24.5 Å². The molecule has 25 heavy (non-hydrogen) atoms. The molecule has 1 N–H and O–H groups in total.